The van der Waals surface area contributed by atoms with Gasteiger partial charge in [-0.1, -0.05) is 85.4 Å². The molecule has 0 saturated heterocycles. The summed E-state index contributed by atoms with van der Waals surface area (Å²) in [6.45, 7) is 17.0. The van der Waals surface area contributed by atoms with Crippen LogP contribution in [0.3, 0.4) is 0 Å². The molecule has 0 aromatic heterocycles. The van der Waals surface area contributed by atoms with Crippen molar-refractivity contribution in [2.24, 2.45) is 4.99 Å². The summed E-state index contributed by atoms with van der Waals surface area (Å²) in [5.41, 5.74) is 5.45. The highest BCUT2D eigenvalue weighted by molar-refractivity contribution is 5.87. The molecule has 1 N–H and O–H groups in total. The van der Waals surface area contributed by atoms with Crippen LogP contribution in [0, 0.1) is 13.8 Å². The standard InChI is InChI=1S/C29H35NO2.CH4/c1-19-12-11-13-20(2)27(19)32-25-15-10-9-14-24(25)30-18-21-16-22(28(3,4)5)17-23(26(21)31)29(6,7)8;/h9-18,31H,1-8H3;1H4. The molecule has 3 nitrogen and oxygen atoms in total. The molecule has 176 valence electrons. The van der Waals surface area contributed by atoms with Crippen molar-refractivity contribution in [3.63, 3.8) is 0 Å². The number of aliphatic imine (C=N–C) groups is 1. The first-order valence-corrected chi connectivity index (χ1v) is 11.1. The molecule has 0 aliphatic heterocycles. The molecular formula is C30H39NO2. The topological polar surface area (TPSA) is 41.8 Å². The van der Waals surface area contributed by atoms with E-state index in [2.05, 4.69) is 47.6 Å². The van der Waals surface area contributed by atoms with Gasteiger partial charge in [0.1, 0.15) is 17.2 Å². The highest BCUT2D eigenvalue weighted by Crippen LogP contribution is 2.38. The van der Waals surface area contributed by atoms with Gasteiger partial charge in [0.25, 0.3) is 0 Å². The molecular weight excluding hydrogens is 406 g/mol. The fraction of sp³-hybridized carbons (Fsp3) is 0.367. The van der Waals surface area contributed by atoms with E-state index in [9.17, 15) is 5.11 Å². The van der Waals surface area contributed by atoms with E-state index in [1.807, 2.05) is 62.4 Å². The summed E-state index contributed by atoms with van der Waals surface area (Å²) in [6, 6.07) is 18.0. The zero-order valence-corrected chi connectivity index (χ0v) is 20.6. The fourth-order valence-corrected chi connectivity index (χ4v) is 3.62. The number of rotatable bonds is 4. The fourth-order valence-electron chi connectivity index (χ4n) is 3.62. The highest BCUT2D eigenvalue weighted by Gasteiger charge is 2.24. The van der Waals surface area contributed by atoms with E-state index < -0.39 is 0 Å². The predicted octanol–water partition coefficient (Wildman–Crippen LogP) is 8.78. The van der Waals surface area contributed by atoms with Crippen molar-refractivity contribution in [3.05, 3.63) is 82.4 Å². The molecule has 3 heteroatoms. The SMILES string of the molecule is C.Cc1cccc(C)c1Oc1ccccc1N=Cc1cc(C(C)(C)C)cc(C(C)(C)C)c1O. The van der Waals surface area contributed by atoms with Crippen LogP contribution in [0.25, 0.3) is 0 Å². The maximum Gasteiger partial charge on any atom is 0.153 e. The molecule has 0 amide bonds. The zero-order valence-electron chi connectivity index (χ0n) is 20.6. The lowest BCUT2D eigenvalue weighted by Crippen LogP contribution is -2.17. The van der Waals surface area contributed by atoms with Crippen molar-refractivity contribution in [2.75, 3.05) is 0 Å². The Labute approximate surface area is 200 Å². The zero-order chi connectivity index (χ0) is 23.7. The van der Waals surface area contributed by atoms with Crippen molar-refractivity contribution in [3.8, 4) is 17.2 Å². The Hall–Kier alpha value is -3.07. The predicted molar refractivity (Wildman–Crippen MR) is 142 cm³/mol. The Kier molecular flexibility index (Phi) is 7.79. The molecule has 0 bridgehead atoms. The van der Waals surface area contributed by atoms with Crippen LogP contribution < -0.4 is 4.74 Å². The van der Waals surface area contributed by atoms with E-state index in [0.717, 1.165) is 22.4 Å². The molecule has 0 saturated carbocycles. The molecule has 3 rings (SSSR count). The second-order valence-corrected chi connectivity index (χ2v) is 10.5. The number of phenolic OH excluding ortho intramolecular Hbond substituents is 1. The van der Waals surface area contributed by atoms with Crippen LogP contribution in [-0.2, 0) is 10.8 Å². The van der Waals surface area contributed by atoms with E-state index in [1.54, 1.807) is 6.21 Å². The van der Waals surface area contributed by atoms with E-state index in [0.29, 0.717) is 17.0 Å². The van der Waals surface area contributed by atoms with Crippen LogP contribution in [0.15, 0.2) is 59.6 Å². The highest BCUT2D eigenvalue weighted by atomic mass is 16.5. The molecule has 0 aliphatic carbocycles. The van der Waals surface area contributed by atoms with Gasteiger partial charge in [-0.05, 0) is 59.6 Å². The number of ether oxygens (including phenoxy) is 1. The van der Waals surface area contributed by atoms with Gasteiger partial charge in [0.15, 0.2) is 5.75 Å². The maximum absolute atomic E-state index is 11.0. The summed E-state index contributed by atoms with van der Waals surface area (Å²) in [5, 5.41) is 11.0. The average molecular weight is 446 g/mol. The molecule has 33 heavy (non-hydrogen) atoms. The second-order valence-electron chi connectivity index (χ2n) is 10.5. The number of benzene rings is 3. The lowest BCUT2D eigenvalue weighted by molar-refractivity contribution is 0.444. The van der Waals surface area contributed by atoms with Gasteiger partial charge in [0, 0.05) is 17.3 Å². The first kappa shape index (κ1) is 26.2. The molecule has 0 heterocycles. The van der Waals surface area contributed by atoms with Gasteiger partial charge >= 0.3 is 0 Å². The van der Waals surface area contributed by atoms with Crippen LogP contribution in [0.1, 0.15) is 76.8 Å². The van der Waals surface area contributed by atoms with Crippen LogP contribution in [-0.4, -0.2) is 11.3 Å². The summed E-state index contributed by atoms with van der Waals surface area (Å²) in [6.07, 6.45) is 1.74. The lowest BCUT2D eigenvalue weighted by atomic mass is 9.79. The summed E-state index contributed by atoms with van der Waals surface area (Å²) in [5.74, 6) is 1.81. The first-order valence-electron chi connectivity index (χ1n) is 11.1. The summed E-state index contributed by atoms with van der Waals surface area (Å²) < 4.78 is 6.27. The molecule has 0 spiro atoms. The Bertz CT molecular complexity index is 1120. The van der Waals surface area contributed by atoms with E-state index in [1.165, 1.54) is 5.56 Å². The van der Waals surface area contributed by atoms with Gasteiger partial charge in [0.2, 0.25) is 0 Å². The number of hydrogen-bond donors (Lipinski definition) is 1. The molecule has 0 aliphatic rings. The number of para-hydroxylation sites is 3. The monoisotopic (exact) mass is 445 g/mol. The lowest BCUT2D eigenvalue weighted by Gasteiger charge is -2.27. The van der Waals surface area contributed by atoms with E-state index in [-0.39, 0.29) is 24.0 Å². The van der Waals surface area contributed by atoms with Crippen molar-refractivity contribution in [2.45, 2.75) is 73.6 Å². The van der Waals surface area contributed by atoms with Gasteiger partial charge in [-0.25, -0.2) is 0 Å². The molecule has 0 fully saturated rings. The van der Waals surface area contributed by atoms with E-state index in [4.69, 9.17) is 9.73 Å². The van der Waals surface area contributed by atoms with Crippen LogP contribution in [0.2, 0.25) is 0 Å². The number of aromatic hydroxyl groups is 1. The molecule has 0 atom stereocenters. The van der Waals surface area contributed by atoms with Crippen LogP contribution >= 0.6 is 0 Å². The minimum atomic E-state index is -0.183. The number of hydrogen-bond acceptors (Lipinski definition) is 3. The third kappa shape index (κ3) is 6.04. The number of nitrogens with zero attached hydrogens (tertiary/aromatic N) is 1. The number of phenols is 1. The Morgan fingerprint density at radius 3 is 2.00 bits per heavy atom. The minimum Gasteiger partial charge on any atom is -0.507 e. The smallest absolute Gasteiger partial charge is 0.153 e. The molecule has 3 aromatic carbocycles. The van der Waals surface area contributed by atoms with Crippen LogP contribution in [0.4, 0.5) is 5.69 Å². The third-order valence-electron chi connectivity index (χ3n) is 5.64. The molecule has 3 aromatic rings. The Morgan fingerprint density at radius 1 is 0.818 bits per heavy atom. The molecule has 0 radical (unpaired) electrons. The largest absolute Gasteiger partial charge is 0.507 e. The summed E-state index contributed by atoms with van der Waals surface area (Å²) >= 11 is 0. The van der Waals surface area contributed by atoms with Crippen molar-refractivity contribution in [1.29, 1.82) is 0 Å². The van der Waals surface area contributed by atoms with E-state index >= 15 is 0 Å². The Morgan fingerprint density at radius 2 is 1.42 bits per heavy atom. The number of aryl methyl sites for hydroxylation is 2. The van der Waals surface area contributed by atoms with Gasteiger partial charge in [-0.3, -0.25) is 4.99 Å². The molecule has 0 unspecified atom stereocenters. The van der Waals surface area contributed by atoms with Crippen molar-refractivity contribution < 1.29 is 9.84 Å². The Balaban J connectivity index is 0.00000385. The quantitative estimate of drug-likeness (QED) is 0.408. The van der Waals surface area contributed by atoms with Gasteiger partial charge in [-0.15, -0.1) is 0 Å². The third-order valence-corrected chi connectivity index (χ3v) is 5.64. The van der Waals surface area contributed by atoms with Crippen molar-refractivity contribution >= 4 is 11.9 Å². The van der Waals surface area contributed by atoms with Gasteiger partial charge in [0.05, 0.1) is 0 Å². The van der Waals surface area contributed by atoms with Crippen LogP contribution in [0.5, 0.6) is 17.2 Å². The average Bonchev–Trinajstić information content (AvgIpc) is 2.69. The van der Waals surface area contributed by atoms with Gasteiger partial charge in [-0.2, -0.15) is 0 Å². The minimum absolute atomic E-state index is 0. The summed E-state index contributed by atoms with van der Waals surface area (Å²) in [7, 11) is 0. The normalized spacial score (nSPS) is 12.0. The van der Waals surface area contributed by atoms with Gasteiger partial charge < -0.3 is 9.84 Å². The first-order chi connectivity index (χ1) is 14.9. The van der Waals surface area contributed by atoms with Crippen molar-refractivity contribution in [1.82, 2.24) is 0 Å². The maximum atomic E-state index is 11.0. The summed E-state index contributed by atoms with van der Waals surface area (Å²) in [4.78, 5) is 4.73. The second kappa shape index (κ2) is 9.82.